The smallest absolute Gasteiger partial charge is 0.338 e. The van der Waals surface area contributed by atoms with Gasteiger partial charge in [0, 0.05) is 25.5 Å². The number of benzene rings is 2. The molecule has 1 amide bonds. The highest BCUT2D eigenvalue weighted by Crippen LogP contribution is 2.18. The molecule has 0 saturated carbocycles. The fourth-order valence-corrected chi connectivity index (χ4v) is 2.30. The Morgan fingerprint density at radius 3 is 2.19 bits per heavy atom. The molecule has 2 aromatic rings. The summed E-state index contributed by atoms with van der Waals surface area (Å²) in [6.45, 7) is 1.35. The molecule has 0 radical (unpaired) electrons. The third kappa shape index (κ3) is 5.31. The Morgan fingerprint density at radius 1 is 0.963 bits per heavy atom. The molecule has 0 spiro atoms. The number of hydrogen-bond acceptors (Lipinski definition) is 6. The second-order valence-corrected chi connectivity index (χ2v) is 6.09. The Hall–Kier alpha value is -3.35. The lowest BCUT2D eigenvalue weighted by molar-refractivity contribution is -0.119. The average molecular weight is 370 g/mol. The molecule has 0 aliphatic rings. The molecule has 0 aliphatic carbocycles. The lowest BCUT2D eigenvalue weighted by Crippen LogP contribution is -2.21. The quantitative estimate of drug-likeness (QED) is 0.787. The van der Waals surface area contributed by atoms with Gasteiger partial charge in [0.15, 0.2) is 6.61 Å². The van der Waals surface area contributed by atoms with E-state index in [0.29, 0.717) is 16.8 Å². The molecule has 0 saturated heterocycles. The van der Waals surface area contributed by atoms with Gasteiger partial charge in [0.2, 0.25) is 0 Å². The van der Waals surface area contributed by atoms with E-state index in [2.05, 4.69) is 10.1 Å². The van der Waals surface area contributed by atoms with E-state index in [0.717, 1.165) is 11.3 Å². The molecule has 0 aromatic heterocycles. The number of methoxy groups -OCH3 is 1. The SMILES string of the molecule is COC(=O)c1ccc(C)c(NC(=O)COC(=O)c2ccc(N(C)C)cc2)c1. The van der Waals surface area contributed by atoms with E-state index in [9.17, 15) is 14.4 Å². The Bertz CT molecular complexity index is 844. The van der Waals surface area contributed by atoms with Crippen molar-refractivity contribution >= 4 is 29.2 Å². The van der Waals surface area contributed by atoms with Gasteiger partial charge >= 0.3 is 11.9 Å². The zero-order valence-corrected chi connectivity index (χ0v) is 15.7. The number of carbonyl (C=O) groups is 3. The minimum absolute atomic E-state index is 0.316. The number of hydrogen-bond donors (Lipinski definition) is 1. The molecule has 0 unspecified atom stereocenters. The van der Waals surface area contributed by atoms with Gasteiger partial charge in [0.25, 0.3) is 5.91 Å². The highest BCUT2D eigenvalue weighted by atomic mass is 16.5. The van der Waals surface area contributed by atoms with Gasteiger partial charge in [-0.1, -0.05) is 6.07 Å². The maximum atomic E-state index is 12.1. The first-order valence-corrected chi connectivity index (χ1v) is 8.25. The lowest BCUT2D eigenvalue weighted by Gasteiger charge is -2.13. The molecule has 0 fully saturated rings. The normalized spacial score (nSPS) is 10.1. The van der Waals surface area contributed by atoms with E-state index in [1.165, 1.54) is 13.2 Å². The molecule has 0 aliphatic heterocycles. The average Bonchev–Trinajstić information content (AvgIpc) is 2.67. The van der Waals surface area contributed by atoms with Crippen LogP contribution >= 0.6 is 0 Å². The van der Waals surface area contributed by atoms with Crippen LogP contribution in [0.15, 0.2) is 42.5 Å². The molecular formula is C20H22N2O5. The Balaban J connectivity index is 1.96. The fraction of sp³-hybridized carbons (Fsp3) is 0.250. The molecule has 7 heteroatoms. The van der Waals surface area contributed by atoms with E-state index in [1.54, 1.807) is 43.3 Å². The lowest BCUT2D eigenvalue weighted by atomic mass is 10.1. The molecule has 0 bridgehead atoms. The molecule has 7 nitrogen and oxygen atoms in total. The molecule has 0 heterocycles. The van der Waals surface area contributed by atoms with Crippen LogP contribution in [0.1, 0.15) is 26.3 Å². The summed E-state index contributed by atoms with van der Waals surface area (Å²) in [5.41, 5.74) is 2.84. The van der Waals surface area contributed by atoms with Crippen molar-refractivity contribution in [3.63, 3.8) is 0 Å². The number of amides is 1. The van der Waals surface area contributed by atoms with Gasteiger partial charge in [0.05, 0.1) is 18.2 Å². The summed E-state index contributed by atoms with van der Waals surface area (Å²) in [7, 11) is 5.08. The first kappa shape index (κ1) is 20.0. The summed E-state index contributed by atoms with van der Waals surface area (Å²) in [5, 5.41) is 2.63. The Kier molecular flexibility index (Phi) is 6.54. The Morgan fingerprint density at radius 2 is 1.59 bits per heavy atom. The predicted octanol–water partition coefficient (Wildman–Crippen LogP) is 2.64. The summed E-state index contributed by atoms with van der Waals surface area (Å²) in [5.74, 6) is -1.59. The van der Waals surface area contributed by atoms with Crippen LogP contribution in [0.4, 0.5) is 11.4 Å². The largest absolute Gasteiger partial charge is 0.465 e. The van der Waals surface area contributed by atoms with Crippen LogP contribution < -0.4 is 10.2 Å². The molecule has 2 aromatic carbocycles. The highest BCUT2D eigenvalue weighted by Gasteiger charge is 2.13. The Labute approximate surface area is 157 Å². The van der Waals surface area contributed by atoms with E-state index >= 15 is 0 Å². The monoisotopic (exact) mass is 370 g/mol. The van der Waals surface area contributed by atoms with Crippen molar-refractivity contribution < 1.29 is 23.9 Å². The van der Waals surface area contributed by atoms with Gasteiger partial charge in [-0.15, -0.1) is 0 Å². The number of anilines is 2. The van der Waals surface area contributed by atoms with E-state index in [-0.39, 0.29) is 0 Å². The zero-order chi connectivity index (χ0) is 20.0. The number of esters is 2. The van der Waals surface area contributed by atoms with Gasteiger partial charge in [-0.05, 0) is 48.9 Å². The van der Waals surface area contributed by atoms with Crippen molar-refractivity contribution in [1.82, 2.24) is 0 Å². The summed E-state index contributed by atoms with van der Waals surface area (Å²) in [4.78, 5) is 37.6. The number of aryl methyl sites for hydroxylation is 1. The molecule has 27 heavy (non-hydrogen) atoms. The van der Waals surface area contributed by atoms with Gasteiger partial charge in [-0.2, -0.15) is 0 Å². The van der Waals surface area contributed by atoms with Crippen LogP contribution in [0.25, 0.3) is 0 Å². The van der Waals surface area contributed by atoms with Gasteiger partial charge in [-0.25, -0.2) is 9.59 Å². The molecule has 1 N–H and O–H groups in total. The van der Waals surface area contributed by atoms with Gasteiger partial charge in [-0.3, -0.25) is 4.79 Å². The fourth-order valence-electron chi connectivity index (χ4n) is 2.30. The van der Waals surface area contributed by atoms with Crippen LogP contribution in [-0.4, -0.2) is 45.7 Å². The van der Waals surface area contributed by atoms with Crippen LogP contribution in [0.3, 0.4) is 0 Å². The molecule has 2 rings (SSSR count). The summed E-state index contributed by atoms with van der Waals surface area (Å²) in [6, 6.07) is 11.7. The number of ether oxygens (including phenoxy) is 2. The van der Waals surface area contributed by atoms with Crippen LogP contribution in [0.2, 0.25) is 0 Å². The predicted molar refractivity (Wildman–Crippen MR) is 102 cm³/mol. The van der Waals surface area contributed by atoms with E-state index in [4.69, 9.17) is 4.74 Å². The first-order valence-electron chi connectivity index (χ1n) is 8.25. The van der Waals surface area contributed by atoms with Gasteiger partial charge < -0.3 is 19.7 Å². The van der Waals surface area contributed by atoms with Crippen molar-refractivity contribution in [3.8, 4) is 0 Å². The van der Waals surface area contributed by atoms with Crippen LogP contribution in [0.5, 0.6) is 0 Å². The van der Waals surface area contributed by atoms with Crippen molar-refractivity contribution in [2.24, 2.45) is 0 Å². The third-order valence-corrected chi connectivity index (χ3v) is 3.89. The minimum Gasteiger partial charge on any atom is -0.465 e. The summed E-state index contributed by atoms with van der Waals surface area (Å²) in [6.07, 6.45) is 0. The standard InChI is InChI=1S/C20H22N2O5/c1-13-5-6-15(19(24)26-4)11-17(13)21-18(23)12-27-20(25)14-7-9-16(10-8-14)22(2)3/h5-11H,12H2,1-4H3,(H,21,23). The van der Waals surface area contributed by atoms with Crippen LogP contribution in [0, 0.1) is 6.92 Å². The van der Waals surface area contributed by atoms with E-state index < -0.39 is 24.5 Å². The zero-order valence-electron chi connectivity index (χ0n) is 15.7. The first-order chi connectivity index (χ1) is 12.8. The second-order valence-electron chi connectivity index (χ2n) is 6.09. The summed E-state index contributed by atoms with van der Waals surface area (Å²) >= 11 is 0. The number of rotatable bonds is 6. The van der Waals surface area contributed by atoms with Crippen molar-refractivity contribution in [1.29, 1.82) is 0 Å². The summed E-state index contributed by atoms with van der Waals surface area (Å²) < 4.78 is 9.71. The van der Waals surface area contributed by atoms with Crippen LogP contribution in [-0.2, 0) is 14.3 Å². The van der Waals surface area contributed by atoms with Gasteiger partial charge in [0.1, 0.15) is 0 Å². The van der Waals surface area contributed by atoms with Crippen molar-refractivity contribution in [2.75, 3.05) is 38.0 Å². The second kappa shape index (κ2) is 8.84. The number of carbonyl (C=O) groups excluding carboxylic acids is 3. The number of nitrogens with zero attached hydrogens (tertiary/aromatic N) is 1. The van der Waals surface area contributed by atoms with Crippen molar-refractivity contribution in [2.45, 2.75) is 6.92 Å². The third-order valence-electron chi connectivity index (χ3n) is 3.89. The van der Waals surface area contributed by atoms with Crippen molar-refractivity contribution in [3.05, 3.63) is 59.2 Å². The molecule has 0 atom stereocenters. The molecular weight excluding hydrogens is 348 g/mol. The number of nitrogens with one attached hydrogen (secondary N) is 1. The maximum absolute atomic E-state index is 12.1. The maximum Gasteiger partial charge on any atom is 0.338 e. The van der Waals surface area contributed by atoms with E-state index in [1.807, 2.05) is 19.0 Å². The topological polar surface area (TPSA) is 84.9 Å². The molecule has 142 valence electrons. The highest BCUT2D eigenvalue weighted by molar-refractivity contribution is 5.97. The minimum atomic E-state index is -0.588.